The molecule has 6 nitrogen and oxygen atoms in total. The van der Waals surface area contributed by atoms with Crippen LogP contribution in [0.25, 0.3) is 0 Å². The Labute approximate surface area is 110 Å². The van der Waals surface area contributed by atoms with Crippen molar-refractivity contribution in [1.82, 2.24) is 15.5 Å². The average molecular weight is 270 g/mol. The van der Waals surface area contributed by atoms with Gasteiger partial charge in [0.15, 0.2) is 0 Å². The molecule has 1 atom stereocenters. The van der Waals surface area contributed by atoms with Crippen LogP contribution in [0.1, 0.15) is 29.6 Å². The number of amides is 1. The molecule has 0 spiro atoms. The van der Waals surface area contributed by atoms with Crippen LogP contribution in [0.5, 0.6) is 0 Å². The summed E-state index contributed by atoms with van der Waals surface area (Å²) < 4.78 is 5.37. The number of nitrogens with zero attached hydrogens (tertiary/aromatic N) is 2. The van der Waals surface area contributed by atoms with E-state index in [1.807, 2.05) is 6.92 Å². The summed E-state index contributed by atoms with van der Waals surface area (Å²) in [5.41, 5.74) is 0. The van der Waals surface area contributed by atoms with Crippen LogP contribution < -0.4 is 10.6 Å². The number of anilines is 1. The molecule has 7 heteroatoms. The lowest BCUT2D eigenvalue weighted by Gasteiger charge is -2.21. The van der Waals surface area contributed by atoms with Gasteiger partial charge in [0, 0.05) is 19.7 Å². The summed E-state index contributed by atoms with van der Waals surface area (Å²) in [6.07, 6.45) is 2.18. The molecular formula is C11H18N4O2S. The van der Waals surface area contributed by atoms with Crippen LogP contribution in [-0.4, -0.2) is 42.4 Å². The summed E-state index contributed by atoms with van der Waals surface area (Å²) in [6, 6.07) is 0. The van der Waals surface area contributed by atoms with E-state index < -0.39 is 0 Å². The fraction of sp³-hybridized carbons (Fsp3) is 0.727. The van der Waals surface area contributed by atoms with Gasteiger partial charge < -0.3 is 15.4 Å². The van der Waals surface area contributed by atoms with Crippen molar-refractivity contribution in [2.75, 3.05) is 31.6 Å². The molecule has 0 radical (unpaired) electrons. The van der Waals surface area contributed by atoms with Gasteiger partial charge in [0.1, 0.15) is 0 Å². The first-order valence-corrected chi connectivity index (χ1v) is 7.04. The number of aromatic nitrogens is 2. The summed E-state index contributed by atoms with van der Waals surface area (Å²) in [7, 11) is 0. The molecule has 1 aromatic heterocycles. The van der Waals surface area contributed by atoms with Gasteiger partial charge in [-0.1, -0.05) is 11.3 Å². The SMILES string of the molecule is CCNc1nnc(C(=O)NCC2CCCOC2)s1. The van der Waals surface area contributed by atoms with E-state index in [0.717, 1.165) is 32.6 Å². The Morgan fingerprint density at radius 1 is 1.56 bits per heavy atom. The van der Waals surface area contributed by atoms with Crippen molar-refractivity contribution < 1.29 is 9.53 Å². The van der Waals surface area contributed by atoms with E-state index in [1.165, 1.54) is 11.3 Å². The number of rotatable bonds is 5. The molecule has 0 aliphatic carbocycles. The molecule has 2 N–H and O–H groups in total. The molecule has 2 heterocycles. The van der Waals surface area contributed by atoms with Gasteiger partial charge in [-0.2, -0.15) is 0 Å². The maximum absolute atomic E-state index is 11.8. The zero-order chi connectivity index (χ0) is 12.8. The fourth-order valence-electron chi connectivity index (χ4n) is 1.82. The van der Waals surface area contributed by atoms with E-state index in [9.17, 15) is 4.79 Å². The maximum Gasteiger partial charge on any atom is 0.282 e. The van der Waals surface area contributed by atoms with E-state index in [1.54, 1.807) is 0 Å². The lowest BCUT2D eigenvalue weighted by atomic mass is 10.0. The molecule has 100 valence electrons. The van der Waals surface area contributed by atoms with E-state index in [2.05, 4.69) is 20.8 Å². The van der Waals surface area contributed by atoms with E-state index in [-0.39, 0.29) is 5.91 Å². The Hall–Kier alpha value is -1.21. The summed E-state index contributed by atoms with van der Waals surface area (Å²) in [4.78, 5) is 11.8. The van der Waals surface area contributed by atoms with Crippen LogP contribution in [0.4, 0.5) is 5.13 Å². The van der Waals surface area contributed by atoms with Gasteiger partial charge in [-0.05, 0) is 25.7 Å². The Morgan fingerprint density at radius 2 is 2.44 bits per heavy atom. The minimum atomic E-state index is -0.151. The molecule has 1 aliphatic rings. The highest BCUT2D eigenvalue weighted by Crippen LogP contribution is 2.15. The predicted molar refractivity (Wildman–Crippen MR) is 69.9 cm³/mol. The summed E-state index contributed by atoms with van der Waals surface area (Å²) in [6.45, 7) is 4.97. The molecule has 18 heavy (non-hydrogen) atoms. The quantitative estimate of drug-likeness (QED) is 0.838. The van der Waals surface area contributed by atoms with Gasteiger partial charge in [0.2, 0.25) is 10.1 Å². The predicted octanol–water partition coefficient (Wildman–Crippen LogP) is 1.13. The maximum atomic E-state index is 11.8. The van der Waals surface area contributed by atoms with E-state index >= 15 is 0 Å². The first-order chi connectivity index (χ1) is 8.79. The lowest BCUT2D eigenvalue weighted by Crippen LogP contribution is -2.33. The first kappa shape index (κ1) is 13.2. The molecular weight excluding hydrogens is 252 g/mol. The van der Waals surface area contributed by atoms with Crippen molar-refractivity contribution in [2.24, 2.45) is 5.92 Å². The van der Waals surface area contributed by atoms with Crippen molar-refractivity contribution in [1.29, 1.82) is 0 Å². The number of ether oxygens (including phenoxy) is 1. The molecule has 1 aromatic rings. The fourth-order valence-corrected chi connectivity index (χ4v) is 2.55. The van der Waals surface area contributed by atoms with Crippen molar-refractivity contribution >= 4 is 22.4 Å². The van der Waals surface area contributed by atoms with Crippen LogP contribution in [0.2, 0.25) is 0 Å². The van der Waals surface area contributed by atoms with Gasteiger partial charge in [-0.15, -0.1) is 10.2 Å². The van der Waals surface area contributed by atoms with Gasteiger partial charge in [0.25, 0.3) is 5.91 Å². The molecule has 0 aromatic carbocycles. The Balaban J connectivity index is 1.79. The monoisotopic (exact) mass is 270 g/mol. The highest BCUT2D eigenvalue weighted by molar-refractivity contribution is 7.17. The molecule has 1 aliphatic heterocycles. The van der Waals surface area contributed by atoms with Crippen molar-refractivity contribution in [3.8, 4) is 0 Å². The van der Waals surface area contributed by atoms with Crippen LogP contribution in [-0.2, 0) is 4.74 Å². The molecule has 1 saturated heterocycles. The molecule has 2 rings (SSSR count). The Morgan fingerprint density at radius 3 is 3.17 bits per heavy atom. The summed E-state index contributed by atoms with van der Waals surface area (Å²) >= 11 is 1.28. The minimum Gasteiger partial charge on any atom is -0.381 e. The van der Waals surface area contributed by atoms with Crippen LogP contribution in [0.3, 0.4) is 0 Å². The number of hydrogen-bond donors (Lipinski definition) is 2. The lowest BCUT2D eigenvalue weighted by molar-refractivity contribution is 0.0536. The zero-order valence-electron chi connectivity index (χ0n) is 10.4. The number of hydrogen-bond acceptors (Lipinski definition) is 6. The van der Waals surface area contributed by atoms with Crippen LogP contribution in [0.15, 0.2) is 0 Å². The number of nitrogens with one attached hydrogen (secondary N) is 2. The smallest absolute Gasteiger partial charge is 0.282 e. The molecule has 1 unspecified atom stereocenters. The number of carbonyl (C=O) groups excluding carboxylic acids is 1. The zero-order valence-corrected chi connectivity index (χ0v) is 11.3. The topological polar surface area (TPSA) is 76.1 Å². The van der Waals surface area contributed by atoms with Gasteiger partial charge in [-0.3, -0.25) is 4.79 Å². The second kappa shape index (κ2) is 6.65. The highest BCUT2D eigenvalue weighted by Gasteiger charge is 2.17. The molecule has 0 saturated carbocycles. The van der Waals surface area contributed by atoms with Gasteiger partial charge >= 0.3 is 0 Å². The van der Waals surface area contributed by atoms with Gasteiger partial charge in [-0.25, -0.2) is 0 Å². The summed E-state index contributed by atoms with van der Waals surface area (Å²) in [5.74, 6) is 0.270. The second-order valence-electron chi connectivity index (χ2n) is 4.24. The molecule has 1 fully saturated rings. The van der Waals surface area contributed by atoms with Crippen molar-refractivity contribution in [3.63, 3.8) is 0 Å². The van der Waals surface area contributed by atoms with E-state index in [4.69, 9.17) is 4.74 Å². The van der Waals surface area contributed by atoms with Gasteiger partial charge in [0.05, 0.1) is 6.61 Å². The first-order valence-electron chi connectivity index (χ1n) is 6.23. The third-order valence-electron chi connectivity index (χ3n) is 2.75. The Bertz CT molecular complexity index is 390. The van der Waals surface area contributed by atoms with Crippen molar-refractivity contribution in [2.45, 2.75) is 19.8 Å². The summed E-state index contributed by atoms with van der Waals surface area (Å²) in [5, 5.41) is 14.8. The average Bonchev–Trinajstić information content (AvgIpc) is 2.86. The standard InChI is InChI=1S/C11H18N4O2S/c1-2-12-11-15-14-10(18-11)9(16)13-6-8-4-3-5-17-7-8/h8H,2-7H2,1H3,(H,12,15)(H,13,16). The highest BCUT2D eigenvalue weighted by atomic mass is 32.1. The van der Waals surface area contributed by atoms with Crippen LogP contribution in [0, 0.1) is 5.92 Å². The third kappa shape index (κ3) is 3.64. The minimum absolute atomic E-state index is 0.151. The molecule has 0 bridgehead atoms. The second-order valence-corrected chi connectivity index (χ2v) is 5.21. The van der Waals surface area contributed by atoms with Crippen molar-refractivity contribution in [3.05, 3.63) is 5.01 Å². The molecule has 1 amide bonds. The Kier molecular flexibility index (Phi) is 4.89. The number of carbonyl (C=O) groups is 1. The van der Waals surface area contributed by atoms with Crippen LogP contribution >= 0.6 is 11.3 Å². The third-order valence-corrected chi connectivity index (χ3v) is 3.63. The largest absolute Gasteiger partial charge is 0.381 e. The van der Waals surface area contributed by atoms with E-state index in [0.29, 0.717) is 22.6 Å². The normalized spacial score (nSPS) is 19.5.